The Kier molecular flexibility index (Phi) is 2.91. The highest BCUT2D eigenvalue weighted by Crippen LogP contribution is 2.25. The maximum absolute atomic E-state index is 13.4. The normalized spacial score (nSPS) is 12.3. The summed E-state index contributed by atoms with van der Waals surface area (Å²) in [4.78, 5) is 0. The zero-order valence-corrected chi connectivity index (χ0v) is 10.1. The van der Waals surface area contributed by atoms with E-state index < -0.39 is 11.6 Å². The van der Waals surface area contributed by atoms with Gasteiger partial charge in [-0.05, 0) is 26.8 Å². The molecule has 0 bridgehead atoms. The first kappa shape index (κ1) is 12.0. The Morgan fingerprint density at radius 3 is 2.59 bits per heavy atom. The predicted octanol–water partition coefficient (Wildman–Crippen LogP) is 3.60. The van der Waals surface area contributed by atoms with Gasteiger partial charge < -0.3 is 9.73 Å². The first-order valence-corrected chi connectivity index (χ1v) is 5.47. The third-order valence-electron chi connectivity index (χ3n) is 2.48. The van der Waals surface area contributed by atoms with Crippen molar-refractivity contribution in [2.24, 2.45) is 0 Å². The Morgan fingerprint density at radius 2 is 1.94 bits per heavy atom. The third-order valence-corrected chi connectivity index (χ3v) is 2.48. The van der Waals surface area contributed by atoms with Crippen molar-refractivity contribution in [2.45, 2.75) is 32.9 Å². The van der Waals surface area contributed by atoms with Crippen molar-refractivity contribution in [1.29, 1.82) is 0 Å². The summed E-state index contributed by atoms with van der Waals surface area (Å²) in [6.45, 7) is 6.59. The Labute approximate surface area is 98.6 Å². The molecule has 0 spiro atoms. The molecule has 0 unspecified atom stereocenters. The van der Waals surface area contributed by atoms with E-state index in [1.54, 1.807) is 0 Å². The lowest BCUT2D eigenvalue weighted by atomic mass is 10.1. The molecule has 1 aromatic heterocycles. The fraction of sp³-hybridized carbons (Fsp3) is 0.385. The molecule has 1 heterocycles. The van der Waals surface area contributed by atoms with Gasteiger partial charge in [0.15, 0.2) is 11.4 Å². The van der Waals surface area contributed by atoms with Crippen molar-refractivity contribution >= 4 is 11.0 Å². The van der Waals surface area contributed by atoms with Crippen molar-refractivity contribution in [3.05, 3.63) is 35.6 Å². The second-order valence-corrected chi connectivity index (χ2v) is 5.13. The van der Waals surface area contributed by atoms with Gasteiger partial charge in [-0.3, -0.25) is 0 Å². The molecule has 0 fully saturated rings. The molecule has 4 heteroatoms. The van der Waals surface area contributed by atoms with Gasteiger partial charge >= 0.3 is 0 Å². The average molecular weight is 239 g/mol. The van der Waals surface area contributed by atoms with Gasteiger partial charge in [0.05, 0.1) is 6.26 Å². The molecule has 0 aliphatic rings. The van der Waals surface area contributed by atoms with E-state index in [0.717, 1.165) is 11.6 Å². The van der Waals surface area contributed by atoms with Crippen LogP contribution in [0.3, 0.4) is 0 Å². The number of hydrogen-bond acceptors (Lipinski definition) is 2. The Balaban J connectivity index is 2.36. The van der Waals surface area contributed by atoms with Crippen LogP contribution in [-0.4, -0.2) is 5.54 Å². The van der Waals surface area contributed by atoms with Gasteiger partial charge in [0.25, 0.3) is 0 Å². The van der Waals surface area contributed by atoms with E-state index in [-0.39, 0.29) is 11.1 Å². The minimum Gasteiger partial charge on any atom is -0.461 e. The monoisotopic (exact) mass is 239 g/mol. The molecule has 2 aromatic rings. The van der Waals surface area contributed by atoms with Crippen molar-refractivity contribution in [3.8, 4) is 0 Å². The summed E-state index contributed by atoms with van der Waals surface area (Å²) >= 11 is 0. The fourth-order valence-corrected chi connectivity index (χ4v) is 1.61. The molecule has 0 atom stereocenters. The molecule has 0 aliphatic heterocycles. The van der Waals surface area contributed by atoms with Crippen LogP contribution in [-0.2, 0) is 6.54 Å². The zero-order valence-electron chi connectivity index (χ0n) is 10.1. The summed E-state index contributed by atoms with van der Waals surface area (Å²) in [5, 5.41) is 3.74. The fourth-order valence-electron chi connectivity index (χ4n) is 1.61. The number of fused-ring (bicyclic) bond motifs is 1. The van der Waals surface area contributed by atoms with E-state index >= 15 is 0 Å². The van der Waals surface area contributed by atoms with Crippen molar-refractivity contribution in [1.82, 2.24) is 5.32 Å². The van der Waals surface area contributed by atoms with Crippen molar-refractivity contribution in [3.63, 3.8) is 0 Å². The molecule has 1 aromatic carbocycles. The van der Waals surface area contributed by atoms with E-state index in [1.807, 2.05) is 20.8 Å². The average Bonchev–Trinajstić information content (AvgIpc) is 2.57. The zero-order chi connectivity index (χ0) is 12.6. The maximum Gasteiger partial charge on any atom is 0.170 e. The third kappa shape index (κ3) is 2.64. The van der Waals surface area contributed by atoms with Crippen LogP contribution in [0, 0.1) is 11.6 Å². The Bertz CT molecular complexity index is 540. The van der Waals surface area contributed by atoms with E-state index in [4.69, 9.17) is 4.42 Å². The molecule has 0 radical (unpaired) electrons. The largest absolute Gasteiger partial charge is 0.461 e. The lowest BCUT2D eigenvalue weighted by Gasteiger charge is -2.19. The first-order chi connectivity index (χ1) is 7.87. The Morgan fingerprint density at radius 1 is 1.24 bits per heavy atom. The van der Waals surface area contributed by atoms with Gasteiger partial charge in [0, 0.05) is 29.1 Å². The molecule has 0 saturated heterocycles. The topological polar surface area (TPSA) is 25.2 Å². The Hall–Kier alpha value is -1.42. The van der Waals surface area contributed by atoms with Crippen LogP contribution in [0.4, 0.5) is 8.78 Å². The lowest BCUT2D eigenvalue weighted by Crippen LogP contribution is -2.34. The molecule has 0 aliphatic carbocycles. The smallest absolute Gasteiger partial charge is 0.170 e. The quantitative estimate of drug-likeness (QED) is 0.866. The lowest BCUT2D eigenvalue weighted by molar-refractivity contribution is 0.423. The molecule has 17 heavy (non-hydrogen) atoms. The van der Waals surface area contributed by atoms with Crippen LogP contribution in [0.2, 0.25) is 0 Å². The van der Waals surface area contributed by atoms with Crippen molar-refractivity contribution < 1.29 is 13.2 Å². The molecule has 2 rings (SSSR count). The second-order valence-electron chi connectivity index (χ2n) is 5.13. The number of halogens is 2. The van der Waals surface area contributed by atoms with E-state index in [9.17, 15) is 8.78 Å². The highest BCUT2D eigenvalue weighted by molar-refractivity contribution is 5.81. The number of benzene rings is 1. The van der Waals surface area contributed by atoms with Crippen LogP contribution >= 0.6 is 0 Å². The highest BCUT2D eigenvalue weighted by atomic mass is 19.1. The minimum absolute atomic E-state index is 0.0601. The predicted molar refractivity (Wildman–Crippen MR) is 62.7 cm³/mol. The van der Waals surface area contributed by atoms with Gasteiger partial charge in [-0.1, -0.05) is 0 Å². The number of rotatable bonds is 2. The summed E-state index contributed by atoms with van der Waals surface area (Å²) in [7, 11) is 0. The molecule has 2 nitrogen and oxygen atoms in total. The van der Waals surface area contributed by atoms with Gasteiger partial charge in [-0.25, -0.2) is 8.78 Å². The van der Waals surface area contributed by atoms with E-state index in [1.165, 1.54) is 12.3 Å². The molecule has 1 N–H and O–H groups in total. The van der Waals surface area contributed by atoms with E-state index in [0.29, 0.717) is 11.9 Å². The molecule has 92 valence electrons. The summed E-state index contributed by atoms with van der Waals surface area (Å²) < 4.78 is 31.6. The number of nitrogens with one attached hydrogen (secondary N) is 1. The summed E-state index contributed by atoms with van der Waals surface area (Å²) in [5.41, 5.74) is 0.806. The molecule has 0 amide bonds. The van der Waals surface area contributed by atoms with Crippen LogP contribution in [0.25, 0.3) is 11.0 Å². The van der Waals surface area contributed by atoms with Gasteiger partial charge in [-0.15, -0.1) is 0 Å². The van der Waals surface area contributed by atoms with Crippen LogP contribution < -0.4 is 5.32 Å². The molecular formula is C13H15F2NO. The van der Waals surface area contributed by atoms with Gasteiger partial charge in [-0.2, -0.15) is 0 Å². The summed E-state index contributed by atoms with van der Waals surface area (Å²) in [5.74, 6) is -1.25. The van der Waals surface area contributed by atoms with Gasteiger partial charge in [0.1, 0.15) is 5.82 Å². The van der Waals surface area contributed by atoms with Crippen LogP contribution in [0.5, 0.6) is 0 Å². The molecular weight excluding hydrogens is 224 g/mol. The minimum atomic E-state index is -0.665. The summed E-state index contributed by atoms with van der Waals surface area (Å²) in [6.07, 6.45) is 1.46. The van der Waals surface area contributed by atoms with Crippen LogP contribution in [0.1, 0.15) is 26.3 Å². The van der Waals surface area contributed by atoms with Gasteiger partial charge in [0.2, 0.25) is 0 Å². The second kappa shape index (κ2) is 4.11. The number of furan rings is 1. The summed E-state index contributed by atoms with van der Waals surface area (Å²) in [6, 6.07) is 2.12. The standard InChI is InChI=1S/C13H15F2NO/c1-13(2,3)16-6-8-7-17-12-10(8)4-9(14)5-11(12)15/h4-5,7,16H,6H2,1-3H3. The van der Waals surface area contributed by atoms with Crippen molar-refractivity contribution in [2.75, 3.05) is 0 Å². The van der Waals surface area contributed by atoms with E-state index in [2.05, 4.69) is 5.32 Å². The number of hydrogen-bond donors (Lipinski definition) is 1. The van der Waals surface area contributed by atoms with Crippen LogP contribution in [0.15, 0.2) is 22.8 Å². The SMILES string of the molecule is CC(C)(C)NCc1coc2c(F)cc(F)cc12. The molecule has 0 saturated carbocycles. The highest BCUT2D eigenvalue weighted by Gasteiger charge is 2.14. The first-order valence-electron chi connectivity index (χ1n) is 5.47. The maximum atomic E-state index is 13.4.